The minimum absolute atomic E-state index is 0.159. The van der Waals surface area contributed by atoms with Gasteiger partial charge in [-0.15, -0.1) is 0 Å². The smallest absolute Gasteiger partial charge is 0.227 e. The highest BCUT2D eigenvalue weighted by molar-refractivity contribution is 7.80. The van der Waals surface area contributed by atoms with E-state index in [2.05, 4.69) is 10.6 Å². The fourth-order valence-corrected chi connectivity index (χ4v) is 3.08. The van der Waals surface area contributed by atoms with E-state index in [0.717, 1.165) is 35.5 Å². The highest BCUT2D eigenvalue weighted by Crippen LogP contribution is 2.28. The Morgan fingerprint density at radius 3 is 2.84 bits per heavy atom. The van der Waals surface area contributed by atoms with E-state index in [0.29, 0.717) is 18.1 Å². The van der Waals surface area contributed by atoms with Crippen molar-refractivity contribution in [2.45, 2.75) is 26.3 Å². The molecule has 0 unspecified atom stereocenters. The van der Waals surface area contributed by atoms with Crippen molar-refractivity contribution in [3.8, 4) is 0 Å². The number of thiocarbonyl (C=S) groups is 1. The zero-order chi connectivity index (χ0) is 17.8. The number of carbonyl (C=O) groups is 1. The Morgan fingerprint density at radius 1 is 1.28 bits per heavy atom. The lowest BCUT2D eigenvalue weighted by molar-refractivity contribution is -0.117. The molecular formula is C19H20FN3OS. The third kappa shape index (κ3) is 4.33. The standard InChI is InChI=1S/C19H20FN3OS/c1-13-7-8-16(11-17(13)23-9-3-6-18(23)24)22-19(25)21-12-14-4-2-5-15(20)10-14/h2,4-5,7-8,10-11H,3,6,9,12H2,1H3,(H2,21,22,25). The van der Waals surface area contributed by atoms with Gasteiger partial charge < -0.3 is 15.5 Å². The molecule has 25 heavy (non-hydrogen) atoms. The van der Waals surface area contributed by atoms with Gasteiger partial charge in [-0.25, -0.2) is 4.39 Å². The van der Waals surface area contributed by atoms with Gasteiger partial charge in [0.25, 0.3) is 0 Å². The van der Waals surface area contributed by atoms with Gasteiger partial charge in [0.2, 0.25) is 5.91 Å². The number of aryl methyl sites for hydroxylation is 1. The van der Waals surface area contributed by atoms with E-state index < -0.39 is 0 Å². The number of hydrogen-bond acceptors (Lipinski definition) is 2. The molecule has 2 N–H and O–H groups in total. The predicted molar refractivity (Wildman–Crippen MR) is 102 cm³/mol. The number of amides is 1. The summed E-state index contributed by atoms with van der Waals surface area (Å²) < 4.78 is 13.2. The number of nitrogens with zero attached hydrogens (tertiary/aromatic N) is 1. The highest BCUT2D eigenvalue weighted by atomic mass is 32.1. The van der Waals surface area contributed by atoms with Gasteiger partial charge in [0.1, 0.15) is 5.82 Å². The van der Waals surface area contributed by atoms with Gasteiger partial charge in [0, 0.05) is 30.9 Å². The van der Waals surface area contributed by atoms with Crippen molar-refractivity contribution in [2.75, 3.05) is 16.8 Å². The number of nitrogens with one attached hydrogen (secondary N) is 2. The summed E-state index contributed by atoms with van der Waals surface area (Å²) >= 11 is 5.31. The maximum atomic E-state index is 13.2. The summed E-state index contributed by atoms with van der Waals surface area (Å²) in [6.07, 6.45) is 1.49. The molecule has 0 bridgehead atoms. The van der Waals surface area contributed by atoms with Crippen molar-refractivity contribution in [3.05, 3.63) is 59.4 Å². The van der Waals surface area contributed by atoms with Gasteiger partial charge in [0.05, 0.1) is 0 Å². The number of carbonyl (C=O) groups excluding carboxylic acids is 1. The van der Waals surface area contributed by atoms with Crippen LogP contribution in [0.5, 0.6) is 0 Å². The average Bonchev–Trinajstić information content (AvgIpc) is 3.01. The highest BCUT2D eigenvalue weighted by Gasteiger charge is 2.23. The molecule has 1 amide bonds. The SMILES string of the molecule is Cc1ccc(NC(=S)NCc2cccc(F)c2)cc1N1CCCC1=O. The summed E-state index contributed by atoms with van der Waals surface area (Å²) in [4.78, 5) is 13.8. The van der Waals surface area contributed by atoms with Crippen LogP contribution in [0.1, 0.15) is 24.0 Å². The summed E-state index contributed by atoms with van der Waals surface area (Å²) in [6, 6.07) is 12.2. The van der Waals surface area contributed by atoms with E-state index in [1.165, 1.54) is 12.1 Å². The summed E-state index contributed by atoms with van der Waals surface area (Å²) in [7, 11) is 0. The Morgan fingerprint density at radius 2 is 2.12 bits per heavy atom. The van der Waals surface area contributed by atoms with Crippen molar-refractivity contribution in [1.29, 1.82) is 0 Å². The first-order valence-corrected chi connectivity index (χ1v) is 8.64. The molecule has 0 aromatic heterocycles. The molecule has 130 valence electrons. The van der Waals surface area contributed by atoms with Crippen LogP contribution >= 0.6 is 12.2 Å². The Bertz CT molecular complexity index is 809. The van der Waals surface area contributed by atoms with Crippen LogP contribution < -0.4 is 15.5 Å². The van der Waals surface area contributed by atoms with Crippen molar-refractivity contribution < 1.29 is 9.18 Å². The molecule has 0 aliphatic carbocycles. The number of anilines is 2. The minimum atomic E-state index is -0.267. The molecule has 4 nitrogen and oxygen atoms in total. The zero-order valence-electron chi connectivity index (χ0n) is 14.0. The first-order valence-electron chi connectivity index (χ1n) is 8.23. The van der Waals surface area contributed by atoms with Crippen LogP contribution in [0.3, 0.4) is 0 Å². The lowest BCUT2D eigenvalue weighted by Crippen LogP contribution is -2.28. The topological polar surface area (TPSA) is 44.4 Å². The molecule has 0 spiro atoms. The molecule has 0 atom stereocenters. The molecule has 1 aliphatic heterocycles. The summed E-state index contributed by atoms with van der Waals surface area (Å²) in [5, 5.41) is 6.63. The molecule has 3 rings (SSSR count). The van der Waals surface area contributed by atoms with Crippen LogP contribution in [-0.4, -0.2) is 17.6 Å². The lowest BCUT2D eigenvalue weighted by atomic mass is 10.1. The maximum absolute atomic E-state index is 13.2. The van der Waals surface area contributed by atoms with Crippen molar-refractivity contribution in [2.24, 2.45) is 0 Å². The molecule has 1 heterocycles. The summed E-state index contributed by atoms with van der Waals surface area (Å²) in [5.41, 5.74) is 3.60. The summed E-state index contributed by atoms with van der Waals surface area (Å²) in [6.45, 7) is 3.18. The molecule has 1 saturated heterocycles. The van der Waals surface area contributed by atoms with E-state index in [1.807, 2.05) is 36.1 Å². The van der Waals surface area contributed by atoms with Crippen LogP contribution in [0.15, 0.2) is 42.5 Å². The van der Waals surface area contributed by atoms with Gasteiger partial charge in [-0.1, -0.05) is 18.2 Å². The molecule has 2 aromatic rings. The third-order valence-corrected chi connectivity index (χ3v) is 4.42. The molecule has 2 aromatic carbocycles. The van der Waals surface area contributed by atoms with Gasteiger partial charge >= 0.3 is 0 Å². The molecule has 0 radical (unpaired) electrons. The van der Waals surface area contributed by atoms with E-state index >= 15 is 0 Å². The molecule has 1 fully saturated rings. The number of halogens is 1. The fraction of sp³-hybridized carbons (Fsp3) is 0.263. The van der Waals surface area contributed by atoms with Gasteiger partial charge in [0.15, 0.2) is 5.11 Å². The quantitative estimate of drug-likeness (QED) is 0.818. The number of benzene rings is 2. The fourth-order valence-electron chi connectivity index (χ4n) is 2.89. The monoisotopic (exact) mass is 357 g/mol. The molecule has 0 saturated carbocycles. The third-order valence-electron chi connectivity index (χ3n) is 4.17. The van der Waals surface area contributed by atoms with Crippen molar-refractivity contribution >= 4 is 34.6 Å². The van der Waals surface area contributed by atoms with Gasteiger partial charge in [-0.05, 0) is 61.0 Å². The van der Waals surface area contributed by atoms with Crippen molar-refractivity contribution in [3.63, 3.8) is 0 Å². The summed E-state index contributed by atoms with van der Waals surface area (Å²) in [5.74, 6) is -0.108. The van der Waals surface area contributed by atoms with E-state index in [9.17, 15) is 9.18 Å². The van der Waals surface area contributed by atoms with Crippen molar-refractivity contribution in [1.82, 2.24) is 5.32 Å². The average molecular weight is 357 g/mol. The molecular weight excluding hydrogens is 337 g/mol. The normalized spacial score (nSPS) is 13.8. The maximum Gasteiger partial charge on any atom is 0.227 e. The van der Waals surface area contributed by atoms with Crippen LogP contribution in [0.2, 0.25) is 0 Å². The van der Waals surface area contributed by atoms with E-state index in [4.69, 9.17) is 12.2 Å². The minimum Gasteiger partial charge on any atom is -0.358 e. The molecule has 1 aliphatic rings. The largest absolute Gasteiger partial charge is 0.358 e. The zero-order valence-corrected chi connectivity index (χ0v) is 14.8. The van der Waals surface area contributed by atoms with Gasteiger partial charge in [-0.2, -0.15) is 0 Å². The number of rotatable bonds is 4. The van der Waals surface area contributed by atoms with Gasteiger partial charge in [-0.3, -0.25) is 4.79 Å². The second-order valence-corrected chi connectivity index (χ2v) is 6.50. The second kappa shape index (κ2) is 7.61. The van der Waals surface area contributed by atoms with E-state index in [-0.39, 0.29) is 11.7 Å². The first kappa shape index (κ1) is 17.4. The Labute approximate surface area is 152 Å². The lowest BCUT2D eigenvalue weighted by Gasteiger charge is -2.20. The van der Waals surface area contributed by atoms with E-state index in [1.54, 1.807) is 6.07 Å². The van der Waals surface area contributed by atoms with Crippen LogP contribution in [-0.2, 0) is 11.3 Å². The van der Waals surface area contributed by atoms with Crippen LogP contribution in [0, 0.1) is 12.7 Å². The number of hydrogen-bond donors (Lipinski definition) is 2. The Kier molecular flexibility index (Phi) is 5.28. The Hall–Kier alpha value is -2.47. The first-order chi connectivity index (χ1) is 12.0. The second-order valence-electron chi connectivity index (χ2n) is 6.09. The van der Waals surface area contributed by atoms with Crippen LogP contribution in [0.4, 0.5) is 15.8 Å². The van der Waals surface area contributed by atoms with Crippen LogP contribution in [0.25, 0.3) is 0 Å². The predicted octanol–water partition coefficient (Wildman–Crippen LogP) is 3.75. The Balaban J connectivity index is 1.64. The molecule has 6 heteroatoms.